The number of carboxylic acid groups (broad SMARTS) is 1. The third kappa shape index (κ3) is 11.4. The van der Waals surface area contributed by atoms with Crippen molar-refractivity contribution < 1.29 is 24.3 Å². The van der Waals surface area contributed by atoms with Gasteiger partial charge in [-0.05, 0) is 44.2 Å². The quantitative estimate of drug-likeness (QED) is 0.117. The standard InChI is InChI=1S/C16H31N5O5S2/c1-28-7-5-10(18)14(23)21-11(4-2-3-6-17)15(24)19-8-13(22)20-12(9-27)16(25)26/h10-12,27H,2-9,17-18H2,1H3,(H,19,24)(H,20,22)(H,21,23)(H,25,26). The van der Waals surface area contributed by atoms with Crippen LogP contribution in [0.1, 0.15) is 25.7 Å². The number of thioether (sulfide) groups is 1. The van der Waals surface area contributed by atoms with Crippen LogP contribution in [0.2, 0.25) is 0 Å². The van der Waals surface area contributed by atoms with E-state index in [0.29, 0.717) is 38.0 Å². The van der Waals surface area contributed by atoms with E-state index in [1.54, 1.807) is 11.8 Å². The molecule has 3 amide bonds. The molecule has 0 aromatic rings. The molecule has 10 nitrogen and oxygen atoms in total. The predicted octanol–water partition coefficient (Wildman–Crippen LogP) is -1.70. The lowest BCUT2D eigenvalue weighted by atomic mass is 10.1. The largest absolute Gasteiger partial charge is 0.480 e. The number of unbranched alkanes of at least 4 members (excludes halogenated alkanes) is 1. The number of nitrogens with one attached hydrogen (secondary N) is 3. The molecule has 0 radical (unpaired) electrons. The monoisotopic (exact) mass is 437 g/mol. The Kier molecular flexibility index (Phi) is 14.6. The second-order valence-corrected chi connectivity index (χ2v) is 7.44. The fourth-order valence-corrected chi connectivity index (χ4v) is 2.87. The number of carboxylic acids is 1. The van der Waals surface area contributed by atoms with Crippen LogP contribution in [0.4, 0.5) is 0 Å². The Morgan fingerprint density at radius 1 is 1.07 bits per heavy atom. The number of carbonyl (C=O) groups is 4. The molecule has 0 aromatic carbocycles. The molecule has 0 aliphatic carbocycles. The first-order valence-electron chi connectivity index (χ1n) is 8.92. The van der Waals surface area contributed by atoms with Crippen molar-refractivity contribution in [3.63, 3.8) is 0 Å². The summed E-state index contributed by atoms with van der Waals surface area (Å²) in [4.78, 5) is 47.3. The number of nitrogens with two attached hydrogens (primary N) is 2. The number of rotatable bonds is 15. The zero-order valence-corrected chi connectivity index (χ0v) is 17.7. The highest BCUT2D eigenvalue weighted by Gasteiger charge is 2.24. The summed E-state index contributed by atoms with van der Waals surface area (Å²) >= 11 is 5.41. The van der Waals surface area contributed by atoms with Crippen molar-refractivity contribution in [1.82, 2.24) is 16.0 Å². The average molecular weight is 438 g/mol. The topological polar surface area (TPSA) is 177 Å². The Hall–Kier alpha value is -1.50. The van der Waals surface area contributed by atoms with Crippen LogP contribution in [0.3, 0.4) is 0 Å². The minimum atomic E-state index is -1.22. The molecule has 0 aliphatic rings. The van der Waals surface area contributed by atoms with E-state index in [2.05, 4.69) is 28.6 Å². The Morgan fingerprint density at radius 2 is 1.75 bits per heavy atom. The minimum Gasteiger partial charge on any atom is -0.480 e. The second kappa shape index (κ2) is 15.4. The van der Waals surface area contributed by atoms with Gasteiger partial charge in [-0.3, -0.25) is 14.4 Å². The van der Waals surface area contributed by atoms with Crippen molar-refractivity contribution in [2.24, 2.45) is 11.5 Å². The highest BCUT2D eigenvalue weighted by Crippen LogP contribution is 2.04. The van der Waals surface area contributed by atoms with Crippen molar-refractivity contribution in [3.8, 4) is 0 Å². The first-order valence-corrected chi connectivity index (χ1v) is 10.9. The molecule has 12 heteroatoms. The van der Waals surface area contributed by atoms with Gasteiger partial charge in [-0.2, -0.15) is 24.4 Å². The number of amides is 3. The molecule has 0 saturated carbocycles. The van der Waals surface area contributed by atoms with Crippen LogP contribution in [0.5, 0.6) is 0 Å². The lowest BCUT2D eigenvalue weighted by Gasteiger charge is -2.21. The van der Waals surface area contributed by atoms with Crippen LogP contribution in [-0.4, -0.2) is 77.8 Å². The summed E-state index contributed by atoms with van der Waals surface area (Å²) in [7, 11) is 0. The number of carbonyl (C=O) groups excluding carboxylic acids is 3. The van der Waals surface area contributed by atoms with Crippen molar-refractivity contribution >= 4 is 48.1 Å². The normalized spacial score (nSPS) is 13.9. The zero-order chi connectivity index (χ0) is 21.5. The van der Waals surface area contributed by atoms with Gasteiger partial charge in [-0.15, -0.1) is 0 Å². The molecule has 28 heavy (non-hydrogen) atoms. The van der Waals surface area contributed by atoms with Crippen molar-refractivity contribution in [2.75, 3.05) is 30.9 Å². The molecule has 3 atom stereocenters. The molecule has 0 spiro atoms. The summed E-state index contributed by atoms with van der Waals surface area (Å²) in [6.07, 6.45) is 4.02. The SMILES string of the molecule is CSCCC(N)C(=O)NC(CCCCN)C(=O)NCC(=O)NC(CS)C(=O)O. The fraction of sp³-hybridized carbons (Fsp3) is 0.750. The Labute approximate surface area is 174 Å². The molecule has 0 bridgehead atoms. The smallest absolute Gasteiger partial charge is 0.327 e. The summed E-state index contributed by atoms with van der Waals surface area (Å²) in [6, 6.07) is -2.73. The predicted molar refractivity (Wildman–Crippen MR) is 112 cm³/mol. The molecule has 0 aromatic heterocycles. The van der Waals surface area contributed by atoms with Gasteiger partial charge >= 0.3 is 5.97 Å². The first-order chi connectivity index (χ1) is 13.3. The summed E-state index contributed by atoms with van der Waals surface area (Å²) in [5.74, 6) is -2.24. The van der Waals surface area contributed by atoms with E-state index in [4.69, 9.17) is 16.6 Å². The van der Waals surface area contributed by atoms with Gasteiger partial charge in [-0.1, -0.05) is 0 Å². The van der Waals surface area contributed by atoms with E-state index in [0.717, 1.165) is 0 Å². The van der Waals surface area contributed by atoms with Crippen LogP contribution < -0.4 is 27.4 Å². The Morgan fingerprint density at radius 3 is 2.29 bits per heavy atom. The molecule has 8 N–H and O–H groups in total. The lowest BCUT2D eigenvalue weighted by molar-refractivity contribution is -0.141. The molecular formula is C16H31N5O5S2. The van der Waals surface area contributed by atoms with Gasteiger partial charge in [0.2, 0.25) is 17.7 Å². The van der Waals surface area contributed by atoms with E-state index in [1.807, 2.05) is 6.26 Å². The van der Waals surface area contributed by atoms with E-state index < -0.39 is 48.4 Å². The van der Waals surface area contributed by atoms with Gasteiger partial charge in [0.25, 0.3) is 0 Å². The summed E-state index contributed by atoms with van der Waals surface area (Å²) in [5.41, 5.74) is 11.3. The third-order valence-electron chi connectivity index (χ3n) is 3.79. The van der Waals surface area contributed by atoms with Gasteiger partial charge in [0.15, 0.2) is 0 Å². The van der Waals surface area contributed by atoms with Crippen molar-refractivity contribution in [2.45, 2.75) is 43.8 Å². The zero-order valence-electron chi connectivity index (χ0n) is 16.0. The van der Waals surface area contributed by atoms with Crippen molar-refractivity contribution in [3.05, 3.63) is 0 Å². The number of thiol groups is 1. The number of hydrogen-bond acceptors (Lipinski definition) is 8. The molecule has 0 aliphatic heterocycles. The molecule has 162 valence electrons. The lowest BCUT2D eigenvalue weighted by Crippen LogP contribution is -2.53. The van der Waals surface area contributed by atoms with Gasteiger partial charge in [-0.25, -0.2) is 4.79 Å². The maximum atomic E-state index is 12.4. The van der Waals surface area contributed by atoms with Crippen LogP contribution in [0.15, 0.2) is 0 Å². The van der Waals surface area contributed by atoms with Gasteiger partial charge < -0.3 is 32.5 Å². The second-order valence-electron chi connectivity index (χ2n) is 6.09. The van der Waals surface area contributed by atoms with Gasteiger partial charge in [0, 0.05) is 5.75 Å². The van der Waals surface area contributed by atoms with Gasteiger partial charge in [0.1, 0.15) is 12.1 Å². The van der Waals surface area contributed by atoms with Crippen LogP contribution in [0, 0.1) is 0 Å². The molecule has 0 heterocycles. The summed E-state index contributed by atoms with van der Waals surface area (Å²) in [5, 5.41) is 16.2. The third-order valence-corrected chi connectivity index (χ3v) is 4.80. The highest BCUT2D eigenvalue weighted by molar-refractivity contribution is 7.98. The molecular weight excluding hydrogens is 406 g/mol. The van der Waals surface area contributed by atoms with E-state index in [1.165, 1.54) is 0 Å². The maximum Gasteiger partial charge on any atom is 0.327 e. The van der Waals surface area contributed by atoms with E-state index >= 15 is 0 Å². The fourth-order valence-electron chi connectivity index (χ4n) is 2.14. The Balaban J connectivity index is 4.72. The molecule has 0 rings (SSSR count). The highest BCUT2D eigenvalue weighted by atomic mass is 32.2. The minimum absolute atomic E-state index is 0.0826. The maximum absolute atomic E-state index is 12.4. The van der Waals surface area contributed by atoms with Crippen LogP contribution >= 0.6 is 24.4 Å². The number of hydrogen-bond donors (Lipinski definition) is 7. The molecule has 0 fully saturated rings. The van der Waals surface area contributed by atoms with E-state index in [9.17, 15) is 19.2 Å². The van der Waals surface area contributed by atoms with Crippen LogP contribution in [-0.2, 0) is 19.2 Å². The molecule has 0 saturated heterocycles. The summed E-state index contributed by atoms with van der Waals surface area (Å²) < 4.78 is 0. The van der Waals surface area contributed by atoms with Crippen molar-refractivity contribution in [1.29, 1.82) is 0 Å². The van der Waals surface area contributed by atoms with E-state index in [-0.39, 0.29) is 5.75 Å². The number of aliphatic carboxylic acids is 1. The van der Waals surface area contributed by atoms with Crippen LogP contribution in [0.25, 0.3) is 0 Å². The first kappa shape index (κ1) is 26.5. The Bertz CT molecular complexity index is 524. The van der Waals surface area contributed by atoms with Gasteiger partial charge in [0.05, 0.1) is 12.6 Å². The summed E-state index contributed by atoms with van der Waals surface area (Å²) in [6.45, 7) is 0.0381. The average Bonchev–Trinajstić information content (AvgIpc) is 2.67. The molecule has 3 unspecified atom stereocenters.